The van der Waals surface area contributed by atoms with Gasteiger partial charge in [0.2, 0.25) is 5.43 Å². The SMILES string of the molecule is COCCCn1c(C)c(F)c(=O)c(C(=O)Nc2c(C)cccc2C)c1C. The van der Waals surface area contributed by atoms with Crippen LogP contribution < -0.4 is 10.7 Å². The first kappa shape index (κ1) is 19.8. The molecular formula is C20H25FN2O3. The number of aryl methyl sites for hydroxylation is 2. The van der Waals surface area contributed by atoms with Gasteiger partial charge < -0.3 is 14.6 Å². The number of rotatable bonds is 6. The van der Waals surface area contributed by atoms with Crippen molar-refractivity contribution in [2.45, 2.75) is 40.7 Å². The van der Waals surface area contributed by atoms with Crippen molar-refractivity contribution in [1.29, 1.82) is 0 Å². The molecule has 5 nitrogen and oxygen atoms in total. The summed E-state index contributed by atoms with van der Waals surface area (Å²) in [5.74, 6) is -1.48. The molecule has 0 aliphatic rings. The average Bonchev–Trinajstić information content (AvgIpc) is 2.59. The van der Waals surface area contributed by atoms with Gasteiger partial charge in [0.05, 0.1) is 5.69 Å². The summed E-state index contributed by atoms with van der Waals surface area (Å²) >= 11 is 0. The topological polar surface area (TPSA) is 60.3 Å². The number of carbonyl (C=O) groups is 1. The van der Waals surface area contributed by atoms with E-state index in [-0.39, 0.29) is 11.3 Å². The van der Waals surface area contributed by atoms with Crippen molar-refractivity contribution in [1.82, 2.24) is 4.57 Å². The van der Waals surface area contributed by atoms with Crippen molar-refractivity contribution >= 4 is 11.6 Å². The number of hydrogen-bond donors (Lipinski definition) is 1. The van der Waals surface area contributed by atoms with Crippen LogP contribution in [0.25, 0.3) is 0 Å². The Bertz CT molecular complexity index is 867. The largest absolute Gasteiger partial charge is 0.385 e. The van der Waals surface area contributed by atoms with E-state index in [1.165, 1.54) is 0 Å². The van der Waals surface area contributed by atoms with E-state index in [2.05, 4.69) is 5.32 Å². The summed E-state index contributed by atoms with van der Waals surface area (Å²) in [6.45, 7) is 7.93. The fourth-order valence-electron chi connectivity index (χ4n) is 3.10. The van der Waals surface area contributed by atoms with E-state index in [1.54, 1.807) is 25.5 Å². The fourth-order valence-corrected chi connectivity index (χ4v) is 3.10. The summed E-state index contributed by atoms with van der Waals surface area (Å²) in [5, 5.41) is 2.77. The molecule has 0 atom stereocenters. The fraction of sp³-hybridized carbons (Fsp3) is 0.400. The zero-order chi connectivity index (χ0) is 19.4. The molecule has 0 saturated carbocycles. The van der Waals surface area contributed by atoms with Crippen LogP contribution >= 0.6 is 0 Å². The van der Waals surface area contributed by atoms with Crippen LogP contribution in [0.1, 0.15) is 39.3 Å². The van der Waals surface area contributed by atoms with Crippen LogP contribution in [-0.4, -0.2) is 24.2 Å². The van der Waals surface area contributed by atoms with Gasteiger partial charge in [0.25, 0.3) is 5.91 Å². The highest BCUT2D eigenvalue weighted by Gasteiger charge is 2.23. The summed E-state index contributed by atoms with van der Waals surface area (Å²) in [6, 6.07) is 5.63. The number of carbonyl (C=O) groups excluding carboxylic acids is 1. The first-order valence-corrected chi connectivity index (χ1v) is 8.55. The molecule has 0 radical (unpaired) electrons. The molecule has 0 aliphatic heterocycles. The van der Waals surface area contributed by atoms with Gasteiger partial charge in [0, 0.05) is 31.6 Å². The second-order valence-corrected chi connectivity index (χ2v) is 6.41. The Morgan fingerprint density at radius 3 is 2.35 bits per heavy atom. The zero-order valence-corrected chi connectivity index (χ0v) is 15.9. The smallest absolute Gasteiger partial charge is 0.261 e. The maximum absolute atomic E-state index is 14.5. The Balaban J connectivity index is 2.48. The minimum Gasteiger partial charge on any atom is -0.385 e. The number of nitrogens with zero attached hydrogens (tertiary/aromatic N) is 1. The molecule has 0 fully saturated rings. The van der Waals surface area contributed by atoms with Crippen molar-refractivity contribution in [3.05, 3.63) is 62.3 Å². The highest BCUT2D eigenvalue weighted by Crippen LogP contribution is 2.21. The van der Waals surface area contributed by atoms with Gasteiger partial charge in [-0.05, 0) is 45.2 Å². The van der Waals surface area contributed by atoms with Crippen molar-refractivity contribution in [2.24, 2.45) is 0 Å². The predicted molar refractivity (Wildman–Crippen MR) is 100 cm³/mol. The van der Waals surface area contributed by atoms with E-state index in [9.17, 15) is 14.0 Å². The predicted octanol–water partition coefficient (Wildman–Crippen LogP) is 3.51. The standard InChI is InChI=1S/C20H25FN2O3/c1-12-8-6-9-13(2)18(12)22-20(25)16-14(3)23(10-7-11-26-5)15(4)17(21)19(16)24/h6,8-9H,7,10-11H2,1-5H3,(H,22,25). The number of aromatic nitrogens is 1. The lowest BCUT2D eigenvalue weighted by Crippen LogP contribution is -2.30. The normalized spacial score (nSPS) is 10.8. The molecule has 1 aromatic carbocycles. The Labute approximate surface area is 152 Å². The molecule has 1 amide bonds. The van der Waals surface area contributed by atoms with Crippen LogP contribution in [0.4, 0.5) is 10.1 Å². The lowest BCUT2D eigenvalue weighted by atomic mass is 10.1. The summed E-state index contributed by atoms with van der Waals surface area (Å²) in [5.41, 5.74) is 2.05. The van der Waals surface area contributed by atoms with Crippen molar-refractivity contribution in [3.63, 3.8) is 0 Å². The van der Waals surface area contributed by atoms with Crippen LogP contribution in [0.5, 0.6) is 0 Å². The van der Waals surface area contributed by atoms with E-state index < -0.39 is 17.2 Å². The number of methoxy groups -OCH3 is 1. The minimum absolute atomic E-state index is 0.159. The number of nitrogens with one attached hydrogen (secondary N) is 1. The first-order valence-electron chi connectivity index (χ1n) is 8.55. The molecule has 2 rings (SSSR count). The van der Waals surface area contributed by atoms with Crippen molar-refractivity contribution < 1.29 is 13.9 Å². The van der Waals surface area contributed by atoms with E-state index in [4.69, 9.17) is 4.74 Å². The van der Waals surface area contributed by atoms with E-state index in [0.29, 0.717) is 31.0 Å². The zero-order valence-electron chi connectivity index (χ0n) is 15.9. The Morgan fingerprint density at radius 1 is 1.15 bits per heavy atom. The molecule has 1 heterocycles. The Kier molecular flexibility index (Phi) is 6.32. The molecule has 6 heteroatoms. The van der Waals surface area contributed by atoms with Gasteiger partial charge in [-0.15, -0.1) is 0 Å². The summed E-state index contributed by atoms with van der Waals surface area (Å²) < 4.78 is 21.1. The Hall–Kier alpha value is -2.47. The molecule has 0 unspecified atom stereocenters. The number of benzene rings is 1. The maximum atomic E-state index is 14.5. The first-order chi connectivity index (χ1) is 12.3. The highest BCUT2D eigenvalue weighted by atomic mass is 19.1. The molecule has 140 valence electrons. The number of pyridine rings is 1. The van der Waals surface area contributed by atoms with E-state index >= 15 is 0 Å². The van der Waals surface area contributed by atoms with Crippen molar-refractivity contribution in [2.75, 3.05) is 19.0 Å². The van der Waals surface area contributed by atoms with Gasteiger partial charge in [0.1, 0.15) is 5.56 Å². The third-order valence-electron chi connectivity index (χ3n) is 4.59. The molecule has 1 aromatic heterocycles. The lowest BCUT2D eigenvalue weighted by Gasteiger charge is -2.19. The van der Waals surface area contributed by atoms with Gasteiger partial charge in [-0.1, -0.05) is 18.2 Å². The lowest BCUT2D eigenvalue weighted by molar-refractivity contribution is 0.102. The van der Waals surface area contributed by atoms with Gasteiger partial charge in [-0.3, -0.25) is 9.59 Å². The number of amides is 1. The summed E-state index contributed by atoms with van der Waals surface area (Å²) in [7, 11) is 1.59. The molecule has 1 N–H and O–H groups in total. The Morgan fingerprint density at radius 2 is 1.77 bits per heavy atom. The molecule has 0 bridgehead atoms. The van der Waals surface area contributed by atoms with Gasteiger partial charge in [0.15, 0.2) is 5.82 Å². The molecule has 26 heavy (non-hydrogen) atoms. The van der Waals surface area contributed by atoms with Crippen LogP contribution in [0.3, 0.4) is 0 Å². The number of ether oxygens (including phenoxy) is 1. The van der Waals surface area contributed by atoms with Gasteiger partial charge in [-0.2, -0.15) is 0 Å². The number of para-hydroxylation sites is 1. The summed E-state index contributed by atoms with van der Waals surface area (Å²) in [4.78, 5) is 25.2. The quantitative estimate of drug-likeness (QED) is 0.802. The van der Waals surface area contributed by atoms with E-state index in [1.807, 2.05) is 32.0 Å². The number of anilines is 1. The second kappa shape index (κ2) is 8.27. The molecule has 2 aromatic rings. The third kappa shape index (κ3) is 3.85. The van der Waals surface area contributed by atoms with Crippen LogP contribution in [0, 0.1) is 33.5 Å². The minimum atomic E-state index is -0.889. The van der Waals surface area contributed by atoms with Crippen LogP contribution in [0.2, 0.25) is 0 Å². The average molecular weight is 360 g/mol. The van der Waals surface area contributed by atoms with Gasteiger partial charge >= 0.3 is 0 Å². The van der Waals surface area contributed by atoms with E-state index in [0.717, 1.165) is 11.1 Å². The molecule has 0 saturated heterocycles. The number of hydrogen-bond acceptors (Lipinski definition) is 3. The molecule has 0 aliphatic carbocycles. The third-order valence-corrected chi connectivity index (χ3v) is 4.59. The molecule has 0 spiro atoms. The van der Waals surface area contributed by atoms with Gasteiger partial charge in [-0.25, -0.2) is 4.39 Å². The van der Waals surface area contributed by atoms with Crippen molar-refractivity contribution in [3.8, 4) is 0 Å². The number of halogens is 1. The summed E-state index contributed by atoms with van der Waals surface area (Å²) in [6.07, 6.45) is 0.651. The molecular weight excluding hydrogens is 335 g/mol. The maximum Gasteiger partial charge on any atom is 0.261 e. The second-order valence-electron chi connectivity index (χ2n) is 6.41. The van der Waals surface area contributed by atoms with Crippen LogP contribution in [0.15, 0.2) is 23.0 Å². The monoisotopic (exact) mass is 360 g/mol. The van der Waals surface area contributed by atoms with Crippen LogP contribution in [-0.2, 0) is 11.3 Å². The highest BCUT2D eigenvalue weighted by molar-refractivity contribution is 6.05.